The average Bonchev–Trinajstić information content (AvgIpc) is 2.63. The lowest BCUT2D eigenvalue weighted by Crippen LogP contribution is -2.34. The topological polar surface area (TPSA) is 50.4 Å². The zero-order valence-corrected chi connectivity index (χ0v) is 16.5. The van der Waals surface area contributed by atoms with Crippen LogP contribution in [0.4, 0.5) is 18.9 Å². The number of rotatable bonds is 6. The van der Waals surface area contributed by atoms with Gasteiger partial charge in [-0.05, 0) is 49.0 Å². The molecule has 2 N–H and O–H groups in total. The Hall–Kier alpha value is -2.32. The molecule has 2 aromatic rings. The van der Waals surface area contributed by atoms with Crippen molar-refractivity contribution in [2.45, 2.75) is 25.9 Å². The Labute approximate surface area is 171 Å². The Kier molecular flexibility index (Phi) is 7.65. The van der Waals surface area contributed by atoms with Crippen LogP contribution in [0.5, 0.6) is 5.75 Å². The van der Waals surface area contributed by atoms with E-state index in [0.717, 1.165) is 31.0 Å². The summed E-state index contributed by atoms with van der Waals surface area (Å²) in [5.41, 5.74) is -0.685. The van der Waals surface area contributed by atoms with E-state index in [2.05, 4.69) is 10.6 Å². The molecule has 1 amide bonds. The number of hydrogen-bond donors (Lipinski definition) is 2. The molecule has 0 aliphatic carbocycles. The number of anilines is 1. The minimum Gasteiger partial charge on any atom is -0.493 e. The van der Waals surface area contributed by atoms with Crippen molar-refractivity contribution in [1.82, 2.24) is 5.32 Å². The molecule has 0 spiro atoms. The van der Waals surface area contributed by atoms with Gasteiger partial charge in [-0.15, -0.1) is 0 Å². The summed E-state index contributed by atoms with van der Waals surface area (Å²) < 4.78 is 44.2. The monoisotopic (exact) mass is 430 g/mol. The summed E-state index contributed by atoms with van der Waals surface area (Å²) in [6.07, 6.45) is -2.75. The molecule has 0 heterocycles. The molecule has 2 aromatic carbocycles. The number of alkyl halides is 3. The molecule has 0 fully saturated rings. The number of amides is 1. The molecule has 4 nitrogen and oxygen atoms in total. The zero-order chi connectivity index (χ0) is 20.7. The highest BCUT2D eigenvalue weighted by molar-refractivity contribution is 7.80. The molecule has 0 saturated heterocycles. The molecule has 0 aromatic heterocycles. The Morgan fingerprint density at radius 3 is 2.61 bits per heavy atom. The second-order valence-electron chi connectivity index (χ2n) is 5.80. The van der Waals surface area contributed by atoms with E-state index in [-0.39, 0.29) is 21.4 Å². The quantitative estimate of drug-likeness (QED) is 0.458. The molecule has 9 heteroatoms. The van der Waals surface area contributed by atoms with Crippen LogP contribution in [0.15, 0.2) is 42.5 Å². The second kappa shape index (κ2) is 9.75. The van der Waals surface area contributed by atoms with Crippen molar-refractivity contribution < 1.29 is 22.7 Å². The van der Waals surface area contributed by atoms with E-state index >= 15 is 0 Å². The standard InChI is InChI=1S/C19H18ClF3N2O2S/c1-2-3-10-27-16-7-5-4-6-13(16)17(26)25-18(28)24-15-11-12(19(21,22)23)8-9-14(15)20/h4-9,11H,2-3,10H2,1H3,(H2,24,25,26,28). The Morgan fingerprint density at radius 2 is 1.93 bits per heavy atom. The van der Waals surface area contributed by atoms with E-state index in [1.807, 2.05) is 6.92 Å². The normalized spacial score (nSPS) is 11.0. The fourth-order valence-corrected chi connectivity index (χ4v) is 2.60. The van der Waals surface area contributed by atoms with Crippen molar-refractivity contribution in [2.75, 3.05) is 11.9 Å². The summed E-state index contributed by atoms with van der Waals surface area (Å²) >= 11 is 11.0. The minimum absolute atomic E-state index is 0.0351. The molecule has 0 radical (unpaired) electrons. The molecule has 150 valence electrons. The first-order chi connectivity index (χ1) is 13.2. The van der Waals surface area contributed by atoms with E-state index in [4.69, 9.17) is 28.6 Å². The highest BCUT2D eigenvalue weighted by Crippen LogP contribution is 2.33. The van der Waals surface area contributed by atoms with Crippen molar-refractivity contribution >= 4 is 40.5 Å². The van der Waals surface area contributed by atoms with Crippen molar-refractivity contribution in [3.63, 3.8) is 0 Å². The number of nitrogens with one attached hydrogen (secondary N) is 2. The van der Waals surface area contributed by atoms with E-state index in [1.165, 1.54) is 0 Å². The molecule has 0 unspecified atom stereocenters. The number of carbonyl (C=O) groups excluding carboxylic acids is 1. The summed E-state index contributed by atoms with van der Waals surface area (Å²) in [5.74, 6) is -0.152. The van der Waals surface area contributed by atoms with Crippen LogP contribution < -0.4 is 15.4 Å². The van der Waals surface area contributed by atoms with Crippen molar-refractivity contribution in [2.24, 2.45) is 0 Å². The maximum absolute atomic E-state index is 12.9. The average molecular weight is 431 g/mol. The predicted octanol–water partition coefficient (Wildman–Crippen LogP) is 5.66. The van der Waals surface area contributed by atoms with Crippen LogP contribution >= 0.6 is 23.8 Å². The molecule has 0 atom stereocenters. The van der Waals surface area contributed by atoms with E-state index < -0.39 is 17.6 Å². The number of hydrogen-bond acceptors (Lipinski definition) is 3. The van der Waals surface area contributed by atoms with Gasteiger partial charge in [0.2, 0.25) is 0 Å². The Balaban J connectivity index is 2.09. The number of unbranched alkanes of at least 4 members (excludes halogenated alkanes) is 1. The maximum atomic E-state index is 12.9. The molecule has 0 aliphatic rings. The first kappa shape index (κ1) is 22.0. The number of para-hydroxylation sites is 1. The number of thiocarbonyl (C=S) groups is 1. The van der Waals surface area contributed by atoms with Gasteiger partial charge in [-0.2, -0.15) is 13.2 Å². The van der Waals surface area contributed by atoms with Gasteiger partial charge in [0.1, 0.15) is 5.75 Å². The number of halogens is 4. The fourth-order valence-electron chi connectivity index (χ4n) is 2.23. The largest absolute Gasteiger partial charge is 0.493 e. The lowest BCUT2D eigenvalue weighted by atomic mass is 10.2. The van der Waals surface area contributed by atoms with Crippen LogP contribution in [0.1, 0.15) is 35.7 Å². The molecular formula is C19H18ClF3N2O2S. The van der Waals surface area contributed by atoms with Crippen LogP contribution in [0.3, 0.4) is 0 Å². The van der Waals surface area contributed by atoms with Crippen LogP contribution in [0, 0.1) is 0 Å². The van der Waals surface area contributed by atoms with Crippen LogP contribution in [-0.4, -0.2) is 17.6 Å². The van der Waals surface area contributed by atoms with Gasteiger partial charge in [0.15, 0.2) is 5.11 Å². The first-order valence-corrected chi connectivity index (χ1v) is 9.22. The second-order valence-corrected chi connectivity index (χ2v) is 6.61. The molecule has 28 heavy (non-hydrogen) atoms. The molecule has 0 aliphatic heterocycles. The van der Waals surface area contributed by atoms with Gasteiger partial charge in [0, 0.05) is 0 Å². The Bertz CT molecular complexity index is 859. The van der Waals surface area contributed by atoms with Crippen LogP contribution in [0.25, 0.3) is 0 Å². The molecule has 0 saturated carbocycles. The third-order valence-corrected chi connectivity index (χ3v) is 4.19. The molecule has 2 rings (SSSR count). The highest BCUT2D eigenvalue weighted by Gasteiger charge is 2.31. The highest BCUT2D eigenvalue weighted by atomic mass is 35.5. The summed E-state index contributed by atoms with van der Waals surface area (Å²) in [7, 11) is 0. The van der Waals surface area contributed by atoms with Crippen molar-refractivity contribution in [1.29, 1.82) is 0 Å². The predicted molar refractivity (Wildman–Crippen MR) is 107 cm³/mol. The minimum atomic E-state index is -4.53. The van der Waals surface area contributed by atoms with Gasteiger partial charge in [-0.25, -0.2) is 0 Å². The van der Waals surface area contributed by atoms with Gasteiger partial charge >= 0.3 is 6.18 Å². The van der Waals surface area contributed by atoms with Crippen LogP contribution in [-0.2, 0) is 6.18 Å². The number of ether oxygens (including phenoxy) is 1. The van der Waals surface area contributed by atoms with Gasteiger partial charge in [0.05, 0.1) is 28.4 Å². The lowest BCUT2D eigenvalue weighted by Gasteiger charge is -2.15. The number of benzene rings is 2. The van der Waals surface area contributed by atoms with Gasteiger partial charge in [0.25, 0.3) is 5.91 Å². The summed E-state index contributed by atoms with van der Waals surface area (Å²) in [5, 5.41) is 4.79. The van der Waals surface area contributed by atoms with Gasteiger partial charge < -0.3 is 10.1 Å². The van der Waals surface area contributed by atoms with Crippen molar-refractivity contribution in [3.05, 3.63) is 58.6 Å². The summed E-state index contributed by atoms with van der Waals surface area (Å²) in [6.45, 7) is 2.48. The van der Waals surface area contributed by atoms with Gasteiger partial charge in [-0.3, -0.25) is 10.1 Å². The smallest absolute Gasteiger partial charge is 0.416 e. The van der Waals surface area contributed by atoms with Crippen molar-refractivity contribution in [3.8, 4) is 5.75 Å². The lowest BCUT2D eigenvalue weighted by molar-refractivity contribution is -0.137. The third-order valence-electron chi connectivity index (χ3n) is 3.66. The molecule has 0 bridgehead atoms. The summed E-state index contributed by atoms with van der Waals surface area (Å²) in [4.78, 5) is 12.5. The molecular weight excluding hydrogens is 413 g/mol. The van der Waals surface area contributed by atoms with Gasteiger partial charge in [-0.1, -0.05) is 37.1 Å². The van der Waals surface area contributed by atoms with E-state index in [9.17, 15) is 18.0 Å². The number of carbonyl (C=O) groups is 1. The van der Waals surface area contributed by atoms with E-state index in [0.29, 0.717) is 12.4 Å². The third kappa shape index (κ3) is 6.10. The fraction of sp³-hybridized carbons (Fsp3) is 0.263. The first-order valence-electron chi connectivity index (χ1n) is 8.43. The Morgan fingerprint density at radius 1 is 1.21 bits per heavy atom. The summed E-state index contributed by atoms with van der Waals surface area (Å²) in [6, 6.07) is 9.41. The maximum Gasteiger partial charge on any atom is 0.416 e. The van der Waals surface area contributed by atoms with Crippen LogP contribution in [0.2, 0.25) is 5.02 Å². The SMILES string of the molecule is CCCCOc1ccccc1C(=O)NC(=S)Nc1cc(C(F)(F)F)ccc1Cl. The zero-order valence-electron chi connectivity index (χ0n) is 14.9. The van der Waals surface area contributed by atoms with E-state index in [1.54, 1.807) is 24.3 Å².